The molecule has 2 atom stereocenters. The number of halogens is 5. The number of alkyl halides is 3. The zero-order chi connectivity index (χ0) is 19.9. The smallest absolute Gasteiger partial charge is 0.426 e. The lowest BCUT2D eigenvalue weighted by molar-refractivity contribution is -0.611. The van der Waals surface area contributed by atoms with Crippen molar-refractivity contribution in [2.24, 2.45) is 5.92 Å². The van der Waals surface area contributed by atoms with E-state index in [0.29, 0.717) is 4.73 Å². The lowest BCUT2D eigenvalue weighted by Crippen LogP contribution is -2.47. The molecule has 0 saturated heterocycles. The number of ether oxygens (including phenoxy) is 2. The number of benzene rings is 1. The average molecular weight is 424 g/mol. The molecule has 1 aliphatic rings. The summed E-state index contributed by atoms with van der Waals surface area (Å²) in [6.45, 7) is 0. The third-order valence-corrected chi connectivity index (χ3v) is 4.47. The van der Waals surface area contributed by atoms with E-state index in [9.17, 15) is 23.2 Å². The van der Waals surface area contributed by atoms with Gasteiger partial charge in [-0.1, -0.05) is 23.2 Å². The van der Waals surface area contributed by atoms with Crippen molar-refractivity contribution in [1.82, 2.24) is 0 Å². The first kappa shape index (κ1) is 19.4. The first-order valence-electron chi connectivity index (χ1n) is 7.42. The zero-order valence-corrected chi connectivity index (χ0v) is 14.7. The normalized spacial score (nSPS) is 19.1. The number of rotatable bonds is 3. The molecule has 0 aliphatic carbocycles. The fraction of sp³-hybridized carbons (Fsp3) is 0.250. The SMILES string of the molecule is O=C(O)C1Cc2cc(Cl)c(Oc3c(Cl)ccc[n+]3[O-])cc2OC1C(F)(F)F. The standard InChI is InChI=1S/C16H10Cl2F3NO5/c17-9-2-1-3-22(25)14(9)27-12-6-11-7(5-10(12)18)4-8(15(23)24)13(26-11)16(19,20)21/h1-3,5-6,8,13H,4H2,(H,23,24). The predicted octanol–water partition coefficient (Wildman–Crippen LogP) is 3.99. The Morgan fingerprint density at radius 1 is 1.33 bits per heavy atom. The van der Waals surface area contributed by atoms with Crippen LogP contribution >= 0.6 is 23.2 Å². The Morgan fingerprint density at radius 3 is 2.63 bits per heavy atom. The van der Waals surface area contributed by atoms with Crippen molar-refractivity contribution in [3.05, 3.63) is 51.3 Å². The summed E-state index contributed by atoms with van der Waals surface area (Å²) in [4.78, 5) is 11.2. The van der Waals surface area contributed by atoms with E-state index in [1.165, 1.54) is 18.2 Å². The van der Waals surface area contributed by atoms with Crippen LogP contribution in [0.25, 0.3) is 0 Å². The van der Waals surface area contributed by atoms with Crippen LogP contribution in [0.4, 0.5) is 13.2 Å². The maximum absolute atomic E-state index is 13.2. The molecule has 0 bridgehead atoms. The van der Waals surface area contributed by atoms with Gasteiger partial charge in [-0.05, 0) is 24.1 Å². The molecule has 1 aliphatic heterocycles. The van der Waals surface area contributed by atoms with E-state index in [1.54, 1.807) is 0 Å². The molecular weight excluding hydrogens is 414 g/mol. The van der Waals surface area contributed by atoms with E-state index in [0.717, 1.165) is 12.3 Å². The maximum atomic E-state index is 13.2. The van der Waals surface area contributed by atoms with Crippen LogP contribution in [0, 0.1) is 11.1 Å². The molecular formula is C16H10Cl2F3NO5. The van der Waals surface area contributed by atoms with Crippen LogP contribution in [-0.2, 0) is 11.2 Å². The molecule has 27 heavy (non-hydrogen) atoms. The largest absolute Gasteiger partial charge is 0.616 e. The van der Waals surface area contributed by atoms with Crippen LogP contribution in [0.5, 0.6) is 17.4 Å². The fourth-order valence-corrected chi connectivity index (χ4v) is 3.07. The number of aliphatic carboxylic acids is 1. The Labute approximate surface area is 160 Å². The Hall–Kier alpha value is -2.39. The van der Waals surface area contributed by atoms with Crippen molar-refractivity contribution < 1.29 is 37.3 Å². The van der Waals surface area contributed by atoms with Crippen LogP contribution < -0.4 is 14.2 Å². The second kappa shape index (κ2) is 6.97. The Bertz CT molecular complexity index is 886. The Balaban J connectivity index is 2.00. The van der Waals surface area contributed by atoms with Crippen molar-refractivity contribution in [3.63, 3.8) is 0 Å². The van der Waals surface area contributed by atoms with Crippen LogP contribution in [0.1, 0.15) is 5.56 Å². The fourth-order valence-electron chi connectivity index (χ4n) is 2.65. The van der Waals surface area contributed by atoms with E-state index in [-0.39, 0.29) is 33.0 Å². The summed E-state index contributed by atoms with van der Waals surface area (Å²) < 4.78 is 50.1. The van der Waals surface area contributed by atoms with Crippen LogP contribution in [0.3, 0.4) is 0 Å². The molecule has 0 spiro atoms. The van der Waals surface area contributed by atoms with E-state index < -0.39 is 30.6 Å². The van der Waals surface area contributed by atoms with E-state index in [1.807, 2.05) is 0 Å². The lowest BCUT2D eigenvalue weighted by Gasteiger charge is -2.32. The van der Waals surface area contributed by atoms with Gasteiger partial charge in [0.15, 0.2) is 17.0 Å². The summed E-state index contributed by atoms with van der Waals surface area (Å²) in [7, 11) is 0. The van der Waals surface area contributed by atoms with Gasteiger partial charge < -0.3 is 19.8 Å². The second-order valence-electron chi connectivity index (χ2n) is 5.71. The monoisotopic (exact) mass is 423 g/mol. The van der Waals surface area contributed by atoms with E-state index >= 15 is 0 Å². The molecule has 144 valence electrons. The quantitative estimate of drug-likeness (QED) is 0.596. The molecule has 0 fully saturated rings. The second-order valence-corrected chi connectivity index (χ2v) is 6.52. The van der Waals surface area contributed by atoms with E-state index in [2.05, 4.69) is 0 Å². The number of hydrogen-bond acceptors (Lipinski definition) is 4. The van der Waals surface area contributed by atoms with Gasteiger partial charge in [-0.3, -0.25) is 4.79 Å². The number of hydrogen-bond donors (Lipinski definition) is 1. The molecule has 1 aromatic carbocycles. The highest BCUT2D eigenvalue weighted by Gasteiger charge is 2.52. The minimum atomic E-state index is -4.89. The van der Waals surface area contributed by atoms with Gasteiger partial charge >= 0.3 is 18.0 Å². The molecule has 2 heterocycles. The summed E-state index contributed by atoms with van der Waals surface area (Å²) in [6.07, 6.45) is -6.73. The number of nitrogens with zero attached hydrogens (tertiary/aromatic N) is 1. The predicted molar refractivity (Wildman–Crippen MR) is 87.2 cm³/mol. The van der Waals surface area contributed by atoms with Crippen molar-refractivity contribution >= 4 is 29.2 Å². The Morgan fingerprint density at radius 2 is 2.04 bits per heavy atom. The summed E-state index contributed by atoms with van der Waals surface area (Å²) in [5.74, 6) is -4.18. The molecule has 2 aromatic rings. The molecule has 1 aromatic heterocycles. The highest BCUT2D eigenvalue weighted by Crippen LogP contribution is 2.43. The van der Waals surface area contributed by atoms with Crippen LogP contribution in [0.2, 0.25) is 10.0 Å². The van der Waals surface area contributed by atoms with Crippen LogP contribution in [0.15, 0.2) is 30.5 Å². The number of carboxylic acid groups (broad SMARTS) is 1. The summed E-state index contributed by atoms with van der Waals surface area (Å²) in [5, 5.41) is 20.8. The van der Waals surface area contributed by atoms with Gasteiger partial charge in [-0.15, -0.1) is 4.73 Å². The molecule has 0 amide bonds. The van der Waals surface area contributed by atoms with Crippen molar-refractivity contribution in [2.45, 2.75) is 18.7 Å². The van der Waals surface area contributed by atoms with Gasteiger partial charge in [0.25, 0.3) is 0 Å². The molecule has 0 saturated carbocycles. The molecule has 11 heteroatoms. The topological polar surface area (TPSA) is 82.7 Å². The number of aromatic nitrogens is 1. The van der Waals surface area contributed by atoms with Gasteiger partial charge in [-0.25, -0.2) is 0 Å². The number of fused-ring (bicyclic) bond motifs is 1. The van der Waals surface area contributed by atoms with E-state index in [4.69, 9.17) is 37.8 Å². The first-order valence-corrected chi connectivity index (χ1v) is 8.17. The minimum Gasteiger partial charge on any atom is -0.616 e. The summed E-state index contributed by atoms with van der Waals surface area (Å²) in [5.41, 5.74) is 0.175. The third-order valence-electron chi connectivity index (χ3n) is 3.89. The van der Waals surface area contributed by atoms with Crippen molar-refractivity contribution in [2.75, 3.05) is 0 Å². The molecule has 0 radical (unpaired) electrons. The minimum absolute atomic E-state index is 0.0404. The molecule has 2 unspecified atom stereocenters. The molecule has 3 rings (SSSR count). The van der Waals surface area contributed by atoms with Gasteiger partial charge in [0.2, 0.25) is 6.10 Å². The maximum Gasteiger partial charge on any atom is 0.426 e. The highest BCUT2D eigenvalue weighted by atomic mass is 35.5. The van der Waals surface area contributed by atoms with Crippen molar-refractivity contribution in [1.29, 1.82) is 0 Å². The average Bonchev–Trinajstić information content (AvgIpc) is 2.56. The Kier molecular flexibility index (Phi) is 5.00. The zero-order valence-electron chi connectivity index (χ0n) is 13.2. The number of carboxylic acids is 1. The van der Waals surface area contributed by atoms with Gasteiger partial charge in [0.1, 0.15) is 11.7 Å². The van der Waals surface area contributed by atoms with Crippen molar-refractivity contribution in [3.8, 4) is 17.4 Å². The molecule has 6 nitrogen and oxygen atoms in total. The molecule has 1 N–H and O–H groups in total. The third kappa shape index (κ3) is 3.84. The van der Waals surface area contributed by atoms with Crippen LogP contribution in [-0.4, -0.2) is 23.4 Å². The summed E-state index contributed by atoms with van der Waals surface area (Å²) >= 11 is 11.9. The highest BCUT2D eigenvalue weighted by molar-refractivity contribution is 6.32. The number of carbonyl (C=O) groups is 1. The first-order chi connectivity index (χ1) is 12.6. The van der Waals surface area contributed by atoms with Gasteiger partial charge in [0, 0.05) is 12.1 Å². The lowest BCUT2D eigenvalue weighted by atomic mass is 9.90. The van der Waals surface area contributed by atoms with Gasteiger partial charge in [0.05, 0.1) is 5.02 Å². The number of pyridine rings is 1. The summed E-state index contributed by atoms with van der Waals surface area (Å²) in [6, 6.07) is 5.06. The van der Waals surface area contributed by atoms with Gasteiger partial charge in [-0.2, -0.15) is 13.2 Å².